The summed E-state index contributed by atoms with van der Waals surface area (Å²) in [6.07, 6.45) is 2.08. The molecule has 3 N–H and O–H groups in total. The van der Waals surface area contributed by atoms with Crippen molar-refractivity contribution in [2.75, 3.05) is 39.1 Å². The minimum atomic E-state index is -2.09. The number of amides is 3. The largest absolute Gasteiger partial charge is 0.463 e. The zero-order chi connectivity index (χ0) is 43.3. The molecule has 0 radical (unpaired) electrons. The maximum atomic E-state index is 13.6. The molecule has 3 aromatic carbocycles. The number of carbonyl (C=O) groups is 6. The molecule has 320 valence electrons. The first-order chi connectivity index (χ1) is 28.2. The number of halogens is 6. The lowest BCUT2D eigenvalue weighted by molar-refractivity contribution is -0.158. The van der Waals surface area contributed by atoms with Crippen molar-refractivity contribution in [1.29, 1.82) is 0 Å². The molecule has 3 rings (SSSR count). The third-order valence-electron chi connectivity index (χ3n) is 8.73. The average molecular weight is 956 g/mol. The van der Waals surface area contributed by atoms with Crippen LogP contribution >= 0.6 is 76.9 Å². The van der Waals surface area contributed by atoms with E-state index in [1.165, 1.54) is 15.9 Å². The van der Waals surface area contributed by atoms with Crippen molar-refractivity contribution in [1.82, 2.24) is 16.0 Å². The number of alkyl halides is 6. The van der Waals surface area contributed by atoms with Crippen molar-refractivity contribution in [2.24, 2.45) is 0 Å². The predicted octanol–water partition coefficient (Wildman–Crippen LogP) is 5.45. The highest BCUT2D eigenvalue weighted by atomic mass is 35.5. The molecule has 0 aliphatic rings. The second kappa shape index (κ2) is 26.1. The zero-order valence-electron chi connectivity index (χ0n) is 31.8. The smallest absolute Gasteiger partial charge is 0.339 e. The van der Waals surface area contributed by atoms with Gasteiger partial charge in [-0.1, -0.05) is 124 Å². The van der Waals surface area contributed by atoms with Crippen LogP contribution in [-0.2, 0) is 43.0 Å². The summed E-state index contributed by atoms with van der Waals surface area (Å²) in [4.78, 5) is 70.6. The first-order valence-corrected chi connectivity index (χ1v) is 23.0. The van der Waals surface area contributed by atoms with Crippen LogP contribution in [0.15, 0.2) is 91.0 Å². The van der Waals surface area contributed by atoms with Crippen LogP contribution in [0.4, 0.5) is 0 Å². The van der Waals surface area contributed by atoms with Gasteiger partial charge in [-0.3, -0.25) is 24.0 Å². The second-order valence-corrected chi connectivity index (χ2v) is 20.0. The molecule has 3 aromatic rings. The summed E-state index contributed by atoms with van der Waals surface area (Å²) in [5.41, 5.74) is -1.82. The highest BCUT2D eigenvalue weighted by molar-refractivity contribution is 7.95. The van der Waals surface area contributed by atoms with Gasteiger partial charge in [0.25, 0.3) is 11.8 Å². The van der Waals surface area contributed by atoms with E-state index >= 15 is 0 Å². The number of nitrogens with one attached hydrogen (secondary N) is 3. The van der Waals surface area contributed by atoms with Gasteiger partial charge in [0.1, 0.15) is 48.5 Å². The van der Waals surface area contributed by atoms with Crippen LogP contribution in [0.3, 0.4) is 0 Å². The van der Waals surface area contributed by atoms with E-state index in [1.54, 1.807) is 0 Å². The molecule has 0 spiro atoms. The summed E-state index contributed by atoms with van der Waals surface area (Å²) < 4.78 is 16.1. The van der Waals surface area contributed by atoms with Crippen LogP contribution in [0.25, 0.3) is 0 Å². The maximum absolute atomic E-state index is 13.6. The Hall–Kier alpha value is -3.35. The van der Waals surface area contributed by atoms with Crippen molar-refractivity contribution in [2.45, 2.75) is 58.6 Å². The van der Waals surface area contributed by atoms with Gasteiger partial charge in [0, 0.05) is 19.5 Å². The molecule has 0 saturated carbocycles. The first-order valence-electron chi connectivity index (χ1n) is 18.4. The van der Waals surface area contributed by atoms with Gasteiger partial charge in [-0.2, -0.15) is 0 Å². The predicted molar refractivity (Wildman–Crippen MR) is 234 cm³/mol. The third kappa shape index (κ3) is 16.9. The monoisotopic (exact) mass is 952 g/mol. The highest BCUT2D eigenvalue weighted by Gasteiger charge is 2.44. The minimum absolute atomic E-state index is 0.00673. The first kappa shape index (κ1) is 50.0. The fraction of sp³-hybridized carbons (Fsp3) is 0.400. The van der Waals surface area contributed by atoms with Crippen molar-refractivity contribution in [3.8, 4) is 0 Å². The van der Waals surface area contributed by atoms with Crippen molar-refractivity contribution >= 4 is 128 Å². The van der Waals surface area contributed by atoms with Crippen molar-refractivity contribution in [3.63, 3.8) is 0 Å². The molecular formula is C40H45Cl6N3O9P+. The summed E-state index contributed by atoms with van der Waals surface area (Å²) in [5, 5.41) is 11.2. The summed E-state index contributed by atoms with van der Waals surface area (Å²) in [6.45, 7) is -2.35. The van der Waals surface area contributed by atoms with Crippen LogP contribution < -0.4 is 31.9 Å². The van der Waals surface area contributed by atoms with Crippen LogP contribution in [0.5, 0.6) is 0 Å². The number of carbonyl (C=O) groups excluding carboxylic acids is 6. The van der Waals surface area contributed by atoms with Gasteiger partial charge in [-0.05, 0) is 55.7 Å². The van der Waals surface area contributed by atoms with Gasteiger partial charge in [-0.15, -0.1) is 0 Å². The summed E-state index contributed by atoms with van der Waals surface area (Å²) in [6, 6.07) is 31.3. The topological polar surface area (TPSA) is 166 Å². The lowest BCUT2D eigenvalue weighted by atomic mass is 10.0. The minimum Gasteiger partial charge on any atom is -0.463 e. The molecule has 0 fully saturated rings. The van der Waals surface area contributed by atoms with Crippen LogP contribution in [-0.4, -0.2) is 94.7 Å². The van der Waals surface area contributed by atoms with E-state index < -0.39 is 82.8 Å². The van der Waals surface area contributed by atoms with E-state index in [-0.39, 0.29) is 32.4 Å². The van der Waals surface area contributed by atoms with Crippen molar-refractivity contribution < 1.29 is 43.0 Å². The van der Waals surface area contributed by atoms with E-state index in [0.29, 0.717) is 12.8 Å². The maximum Gasteiger partial charge on any atom is 0.339 e. The molecule has 0 unspecified atom stereocenters. The van der Waals surface area contributed by atoms with Gasteiger partial charge >= 0.3 is 17.9 Å². The van der Waals surface area contributed by atoms with Crippen molar-refractivity contribution in [3.05, 3.63) is 91.0 Å². The number of unbranched alkanes of at least 4 members (excludes halogenated alkanes) is 2. The molecule has 0 aromatic heterocycles. The molecule has 0 aliphatic heterocycles. The Morgan fingerprint density at radius 1 is 0.525 bits per heavy atom. The number of hydrogen-bond donors (Lipinski definition) is 3. The fourth-order valence-electron chi connectivity index (χ4n) is 5.87. The van der Waals surface area contributed by atoms with E-state index in [0.717, 1.165) is 12.6 Å². The molecule has 19 heteroatoms. The molecule has 3 amide bonds. The van der Waals surface area contributed by atoms with E-state index in [2.05, 4.69) is 52.3 Å². The van der Waals surface area contributed by atoms with E-state index in [4.69, 9.17) is 83.8 Å². The summed E-state index contributed by atoms with van der Waals surface area (Å²) in [5.74, 6) is -4.73. The Labute approximate surface area is 373 Å². The van der Waals surface area contributed by atoms with Crippen LogP contribution in [0, 0.1) is 0 Å². The van der Waals surface area contributed by atoms with Gasteiger partial charge in [0.15, 0.2) is 9.67 Å². The molecule has 59 heavy (non-hydrogen) atoms. The second-order valence-electron chi connectivity index (χ2n) is 13.1. The SMILES string of the molecule is O=C(CCCCC[P+](c1ccccc1)(c1ccccc1)c1ccccc1)NC(COC(=O)CCNC(=O)C(Cl)Cl)(COC(=O)CCNC(=O)C(Cl)Cl)COC(=O)C(Cl)Cl. The molecule has 0 saturated heterocycles. The molecule has 0 bridgehead atoms. The Kier molecular flexibility index (Phi) is 22.1. The number of rotatable bonds is 25. The Morgan fingerprint density at radius 2 is 0.932 bits per heavy atom. The number of hydrogen-bond acceptors (Lipinski definition) is 9. The Balaban J connectivity index is 1.78. The lowest BCUT2D eigenvalue weighted by Crippen LogP contribution is -2.59. The summed E-state index contributed by atoms with van der Waals surface area (Å²) >= 11 is 33.5. The normalized spacial score (nSPS) is 11.5. The zero-order valence-corrected chi connectivity index (χ0v) is 37.2. The van der Waals surface area contributed by atoms with Gasteiger partial charge in [0.2, 0.25) is 10.7 Å². The van der Waals surface area contributed by atoms with Gasteiger partial charge in [0.05, 0.1) is 19.0 Å². The van der Waals surface area contributed by atoms with Gasteiger partial charge < -0.3 is 30.2 Å². The summed E-state index contributed by atoms with van der Waals surface area (Å²) in [7, 11) is -2.09. The standard InChI is InChI=1S/C40H44Cl6N3O9P/c41-34(42)37(53)47-22-20-32(51)56-25-40(27-58-39(55)36(45)46,26-57-33(52)21-23-48-38(54)35(43)44)49-31(50)19-11-4-12-24-59(28-13-5-1-6-14-28,29-15-7-2-8-16-29)30-17-9-3-10-18-30/h1-3,5-10,13-18,34-36H,4,11-12,19-27H2,(H2-,47,48,49,50,53,54)/p+1. The van der Waals surface area contributed by atoms with E-state index in [1.807, 2.05) is 54.6 Å². The fourth-order valence-corrected chi connectivity index (χ4v) is 10.7. The van der Waals surface area contributed by atoms with Gasteiger partial charge in [-0.25, -0.2) is 4.79 Å². The number of ether oxygens (including phenoxy) is 3. The number of benzene rings is 3. The average Bonchev–Trinajstić information content (AvgIpc) is 3.23. The third-order valence-corrected chi connectivity index (χ3v) is 14.4. The molecular weight excluding hydrogens is 910 g/mol. The number of esters is 3. The van der Waals surface area contributed by atoms with E-state index in [9.17, 15) is 28.8 Å². The molecule has 0 aliphatic carbocycles. The Morgan fingerprint density at radius 3 is 1.32 bits per heavy atom. The molecule has 0 atom stereocenters. The van der Waals surface area contributed by atoms with Crippen LogP contribution in [0.1, 0.15) is 38.5 Å². The molecule has 0 heterocycles. The molecule has 12 nitrogen and oxygen atoms in total. The highest BCUT2D eigenvalue weighted by Crippen LogP contribution is 2.56. The van der Waals surface area contributed by atoms with Crippen LogP contribution in [0.2, 0.25) is 0 Å². The Bertz CT molecular complexity index is 1670. The quantitative estimate of drug-likeness (QED) is 0.0330. The lowest BCUT2D eigenvalue weighted by Gasteiger charge is -2.33.